The smallest absolute Gasteiger partial charge is 0.243 e. The average Bonchev–Trinajstić information content (AvgIpc) is 2.83. The van der Waals surface area contributed by atoms with E-state index in [2.05, 4.69) is 26.1 Å². The molecular formula is C16H24N2O2. The van der Waals surface area contributed by atoms with Crippen molar-refractivity contribution in [1.82, 2.24) is 5.32 Å². The van der Waals surface area contributed by atoms with E-state index in [4.69, 9.17) is 10.5 Å². The van der Waals surface area contributed by atoms with Crippen LogP contribution in [-0.2, 0) is 9.53 Å². The van der Waals surface area contributed by atoms with E-state index in [-0.39, 0.29) is 17.4 Å². The van der Waals surface area contributed by atoms with E-state index in [1.807, 2.05) is 30.3 Å². The van der Waals surface area contributed by atoms with Crippen molar-refractivity contribution in [2.45, 2.75) is 38.8 Å². The number of carbonyl (C=O) groups is 1. The van der Waals surface area contributed by atoms with E-state index in [1.54, 1.807) is 0 Å². The van der Waals surface area contributed by atoms with Gasteiger partial charge in [0, 0.05) is 6.61 Å². The van der Waals surface area contributed by atoms with E-state index in [1.165, 1.54) is 0 Å². The van der Waals surface area contributed by atoms with Crippen molar-refractivity contribution in [3.63, 3.8) is 0 Å². The summed E-state index contributed by atoms with van der Waals surface area (Å²) in [7, 11) is 0. The average molecular weight is 276 g/mol. The minimum atomic E-state index is -0.891. The Labute approximate surface area is 120 Å². The summed E-state index contributed by atoms with van der Waals surface area (Å²) in [6.45, 7) is 7.18. The Morgan fingerprint density at radius 3 is 2.50 bits per heavy atom. The number of ether oxygens (including phenoxy) is 1. The van der Waals surface area contributed by atoms with Crippen molar-refractivity contribution in [3.05, 3.63) is 35.9 Å². The maximum atomic E-state index is 12.5. The second kappa shape index (κ2) is 5.54. The maximum absolute atomic E-state index is 12.5. The summed E-state index contributed by atoms with van der Waals surface area (Å²) in [4.78, 5) is 12.5. The highest BCUT2D eigenvalue weighted by molar-refractivity contribution is 5.87. The van der Waals surface area contributed by atoms with Gasteiger partial charge < -0.3 is 15.8 Å². The van der Waals surface area contributed by atoms with Gasteiger partial charge in [0.2, 0.25) is 5.91 Å². The predicted molar refractivity (Wildman–Crippen MR) is 79.1 cm³/mol. The van der Waals surface area contributed by atoms with Crippen LogP contribution in [0.4, 0.5) is 0 Å². The Morgan fingerprint density at radius 2 is 2.00 bits per heavy atom. The van der Waals surface area contributed by atoms with Gasteiger partial charge in [-0.05, 0) is 17.4 Å². The largest absolute Gasteiger partial charge is 0.379 e. The minimum Gasteiger partial charge on any atom is -0.379 e. The van der Waals surface area contributed by atoms with Crippen molar-refractivity contribution >= 4 is 5.91 Å². The molecule has 4 heteroatoms. The molecule has 1 aromatic carbocycles. The summed E-state index contributed by atoms with van der Waals surface area (Å²) in [5.74, 6) is -0.126. The maximum Gasteiger partial charge on any atom is 0.243 e. The summed E-state index contributed by atoms with van der Waals surface area (Å²) < 4.78 is 5.27. The molecule has 4 nitrogen and oxygen atoms in total. The molecule has 2 atom stereocenters. The number of nitrogens with one attached hydrogen (secondary N) is 1. The molecule has 1 heterocycles. The summed E-state index contributed by atoms with van der Waals surface area (Å²) in [6.07, 6.45) is 0.574. The van der Waals surface area contributed by atoms with Gasteiger partial charge in [0.05, 0.1) is 12.6 Å². The first-order valence-corrected chi connectivity index (χ1v) is 7.05. The van der Waals surface area contributed by atoms with Crippen LogP contribution in [-0.4, -0.2) is 24.7 Å². The first kappa shape index (κ1) is 15.0. The molecular weight excluding hydrogens is 252 g/mol. The molecule has 0 saturated carbocycles. The van der Waals surface area contributed by atoms with Gasteiger partial charge in [0.15, 0.2) is 0 Å². The highest BCUT2D eigenvalue weighted by Crippen LogP contribution is 2.33. The third-order valence-corrected chi connectivity index (χ3v) is 3.78. The number of benzene rings is 1. The Bertz CT molecular complexity index is 459. The summed E-state index contributed by atoms with van der Waals surface area (Å²) >= 11 is 0. The number of carbonyl (C=O) groups excluding carboxylic acids is 1. The van der Waals surface area contributed by atoms with Gasteiger partial charge in [-0.3, -0.25) is 4.79 Å². The molecule has 1 saturated heterocycles. The van der Waals surface area contributed by atoms with Crippen LogP contribution >= 0.6 is 0 Å². The van der Waals surface area contributed by atoms with Gasteiger partial charge in [-0.25, -0.2) is 0 Å². The van der Waals surface area contributed by atoms with Crippen molar-refractivity contribution < 1.29 is 9.53 Å². The van der Waals surface area contributed by atoms with Crippen LogP contribution in [0.5, 0.6) is 0 Å². The van der Waals surface area contributed by atoms with Gasteiger partial charge in [-0.2, -0.15) is 0 Å². The number of nitrogens with two attached hydrogens (primary N) is 1. The summed E-state index contributed by atoms with van der Waals surface area (Å²) in [5.41, 5.74) is 6.25. The lowest BCUT2D eigenvalue weighted by Crippen LogP contribution is -2.56. The van der Waals surface area contributed by atoms with E-state index < -0.39 is 5.54 Å². The van der Waals surface area contributed by atoms with E-state index in [0.29, 0.717) is 19.6 Å². The van der Waals surface area contributed by atoms with Crippen molar-refractivity contribution in [1.29, 1.82) is 0 Å². The Hall–Kier alpha value is -1.39. The van der Waals surface area contributed by atoms with Crippen molar-refractivity contribution in [3.8, 4) is 0 Å². The van der Waals surface area contributed by atoms with Crippen LogP contribution < -0.4 is 11.1 Å². The quantitative estimate of drug-likeness (QED) is 0.887. The lowest BCUT2D eigenvalue weighted by molar-refractivity contribution is -0.128. The van der Waals surface area contributed by atoms with Crippen LogP contribution in [0, 0.1) is 5.41 Å². The molecule has 1 aliphatic rings. The zero-order valence-corrected chi connectivity index (χ0v) is 12.5. The molecule has 1 amide bonds. The highest BCUT2D eigenvalue weighted by atomic mass is 16.5. The predicted octanol–water partition coefficient (Wildman–Crippen LogP) is 2.01. The lowest BCUT2D eigenvalue weighted by atomic mass is 9.81. The Morgan fingerprint density at radius 1 is 1.35 bits per heavy atom. The molecule has 0 radical (unpaired) electrons. The van der Waals surface area contributed by atoms with Crippen molar-refractivity contribution in [2.24, 2.45) is 11.1 Å². The fourth-order valence-electron chi connectivity index (χ4n) is 2.48. The van der Waals surface area contributed by atoms with Gasteiger partial charge in [-0.1, -0.05) is 51.1 Å². The second-order valence-electron chi connectivity index (χ2n) is 6.64. The molecule has 1 fully saturated rings. The summed E-state index contributed by atoms with van der Waals surface area (Å²) in [5, 5.41) is 3.11. The second-order valence-corrected chi connectivity index (χ2v) is 6.64. The van der Waals surface area contributed by atoms with Gasteiger partial charge in [-0.15, -0.1) is 0 Å². The molecule has 110 valence electrons. The third kappa shape index (κ3) is 3.19. The Balaban J connectivity index is 2.19. The number of amides is 1. The molecule has 2 unspecified atom stereocenters. The normalized spacial score (nSPS) is 24.4. The van der Waals surface area contributed by atoms with Crippen LogP contribution in [0.1, 0.15) is 38.8 Å². The third-order valence-electron chi connectivity index (χ3n) is 3.78. The molecule has 0 aromatic heterocycles. The molecule has 1 aromatic rings. The molecule has 0 spiro atoms. The zero-order chi connectivity index (χ0) is 14.8. The monoisotopic (exact) mass is 276 g/mol. The number of hydrogen-bond donors (Lipinski definition) is 2. The lowest BCUT2D eigenvalue weighted by Gasteiger charge is -2.34. The molecule has 3 N–H and O–H groups in total. The molecule has 1 aliphatic heterocycles. The topological polar surface area (TPSA) is 64.4 Å². The SMILES string of the molecule is CC(C)(C)C(NC(=O)C1(N)CCOC1)c1ccccc1. The number of hydrogen-bond acceptors (Lipinski definition) is 3. The van der Waals surface area contributed by atoms with Crippen molar-refractivity contribution in [2.75, 3.05) is 13.2 Å². The molecule has 20 heavy (non-hydrogen) atoms. The number of rotatable bonds is 3. The standard InChI is InChI=1S/C16H24N2O2/c1-15(2,3)13(12-7-5-4-6-8-12)18-14(19)16(17)9-10-20-11-16/h4-8,13H,9-11,17H2,1-3H3,(H,18,19). The zero-order valence-electron chi connectivity index (χ0n) is 12.5. The van der Waals surface area contributed by atoms with Crippen LogP contribution in [0.15, 0.2) is 30.3 Å². The fraction of sp³-hybridized carbons (Fsp3) is 0.562. The highest BCUT2D eigenvalue weighted by Gasteiger charge is 2.40. The first-order chi connectivity index (χ1) is 9.33. The molecule has 0 bridgehead atoms. The van der Waals surface area contributed by atoms with Crippen LogP contribution in [0.3, 0.4) is 0 Å². The fourth-order valence-corrected chi connectivity index (χ4v) is 2.48. The van der Waals surface area contributed by atoms with E-state index in [0.717, 1.165) is 5.56 Å². The Kier molecular flexibility index (Phi) is 4.16. The molecule has 2 rings (SSSR count). The van der Waals surface area contributed by atoms with Gasteiger partial charge >= 0.3 is 0 Å². The van der Waals surface area contributed by atoms with Gasteiger partial charge in [0.25, 0.3) is 0 Å². The first-order valence-electron chi connectivity index (χ1n) is 7.05. The minimum absolute atomic E-state index is 0.0720. The van der Waals surface area contributed by atoms with E-state index in [9.17, 15) is 4.79 Å². The summed E-state index contributed by atoms with van der Waals surface area (Å²) in [6, 6.07) is 9.93. The molecule has 0 aliphatic carbocycles. The van der Waals surface area contributed by atoms with Crippen LogP contribution in [0.25, 0.3) is 0 Å². The van der Waals surface area contributed by atoms with Crippen LogP contribution in [0.2, 0.25) is 0 Å². The van der Waals surface area contributed by atoms with E-state index >= 15 is 0 Å². The van der Waals surface area contributed by atoms with Gasteiger partial charge in [0.1, 0.15) is 5.54 Å².